The highest BCUT2D eigenvalue weighted by Crippen LogP contribution is 2.20. The van der Waals surface area contributed by atoms with E-state index in [9.17, 15) is 0 Å². The van der Waals surface area contributed by atoms with Crippen molar-refractivity contribution in [1.82, 2.24) is 5.32 Å². The minimum atomic E-state index is -0.0247. The first-order valence-electron chi connectivity index (χ1n) is 6.39. The summed E-state index contributed by atoms with van der Waals surface area (Å²) in [5.41, 5.74) is 7.11. The van der Waals surface area contributed by atoms with Gasteiger partial charge < -0.3 is 15.8 Å². The third kappa shape index (κ3) is 3.20. The summed E-state index contributed by atoms with van der Waals surface area (Å²) < 4.78 is 5.85. The smallest absolute Gasteiger partial charge is 0.119 e. The Kier molecular flexibility index (Phi) is 4.02. The monoisotopic (exact) mass is 234 g/mol. The van der Waals surface area contributed by atoms with Crippen LogP contribution in [0.1, 0.15) is 24.8 Å². The minimum absolute atomic E-state index is 0.0247. The predicted octanol–water partition coefficient (Wildman–Crippen LogP) is 1.84. The van der Waals surface area contributed by atoms with Crippen molar-refractivity contribution in [3.63, 3.8) is 0 Å². The van der Waals surface area contributed by atoms with E-state index in [1.807, 2.05) is 12.1 Å². The van der Waals surface area contributed by atoms with E-state index in [1.54, 1.807) is 0 Å². The largest absolute Gasteiger partial charge is 0.492 e. The third-order valence-electron chi connectivity index (χ3n) is 3.51. The van der Waals surface area contributed by atoms with Crippen LogP contribution in [0.25, 0.3) is 0 Å². The summed E-state index contributed by atoms with van der Waals surface area (Å²) in [5, 5.41) is 3.51. The molecule has 17 heavy (non-hydrogen) atoms. The zero-order valence-electron chi connectivity index (χ0n) is 10.5. The molecule has 1 saturated heterocycles. The van der Waals surface area contributed by atoms with Crippen molar-refractivity contribution < 1.29 is 4.74 Å². The van der Waals surface area contributed by atoms with Crippen LogP contribution < -0.4 is 15.8 Å². The first-order chi connectivity index (χ1) is 8.24. The summed E-state index contributed by atoms with van der Waals surface area (Å²) >= 11 is 0. The zero-order chi connectivity index (χ0) is 12.1. The number of aryl methyl sites for hydroxylation is 1. The molecule has 0 aliphatic carbocycles. The van der Waals surface area contributed by atoms with Crippen LogP contribution >= 0.6 is 0 Å². The summed E-state index contributed by atoms with van der Waals surface area (Å²) in [6.45, 7) is 4.42. The summed E-state index contributed by atoms with van der Waals surface area (Å²) in [5.74, 6) is 0.927. The first kappa shape index (κ1) is 12.4. The molecule has 94 valence electrons. The maximum Gasteiger partial charge on any atom is 0.119 e. The molecule has 2 rings (SSSR count). The maximum atomic E-state index is 5.88. The van der Waals surface area contributed by atoms with Gasteiger partial charge >= 0.3 is 0 Å². The molecule has 1 fully saturated rings. The van der Waals surface area contributed by atoms with Gasteiger partial charge in [0.15, 0.2) is 0 Å². The van der Waals surface area contributed by atoms with Gasteiger partial charge in [0.25, 0.3) is 0 Å². The minimum Gasteiger partial charge on any atom is -0.492 e. The van der Waals surface area contributed by atoms with Crippen molar-refractivity contribution in [2.24, 2.45) is 5.73 Å². The fourth-order valence-corrected chi connectivity index (χ4v) is 2.24. The molecule has 3 heteroatoms. The zero-order valence-corrected chi connectivity index (χ0v) is 10.5. The standard InChI is InChI=1S/C14H22N2O/c1-12-4-6-13(7-5-12)17-11-14(10-15)8-2-3-9-16-14/h4-7,16H,2-3,8-11,15H2,1H3. The van der Waals surface area contributed by atoms with Crippen LogP contribution in [0.5, 0.6) is 5.75 Å². The molecule has 1 atom stereocenters. The molecule has 0 saturated carbocycles. The predicted molar refractivity (Wildman–Crippen MR) is 70.3 cm³/mol. The SMILES string of the molecule is Cc1ccc(OCC2(CN)CCCCN2)cc1. The van der Waals surface area contributed by atoms with Gasteiger partial charge in [0.2, 0.25) is 0 Å². The highest BCUT2D eigenvalue weighted by molar-refractivity contribution is 5.26. The maximum absolute atomic E-state index is 5.88. The second kappa shape index (κ2) is 5.52. The molecule has 1 aromatic rings. The number of rotatable bonds is 4. The van der Waals surface area contributed by atoms with E-state index in [1.165, 1.54) is 18.4 Å². The van der Waals surface area contributed by atoms with Gasteiger partial charge in [-0.1, -0.05) is 24.1 Å². The molecular weight excluding hydrogens is 212 g/mol. The Morgan fingerprint density at radius 3 is 2.65 bits per heavy atom. The highest BCUT2D eigenvalue weighted by Gasteiger charge is 2.30. The van der Waals surface area contributed by atoms with Crippen molar-refractivity contribution in [3.05, 3.63) is 29.8 Å². The van der Waals surface area contributed by atoms with Crippen LogP contribution in [0.3, 0.4) is 0 Å². The molecule has 0 bridgehead atoms. The second-order valence-electron chi connectivity index (χ2n) is 4.97. The van der Waals surface area contributed by atoms with Crippen LogP contribution in [0.2, 0.25) is 0 Å². The van der Waals surface area contributed by atoms with Gasteiger partial charge in [-0.2, -0.15) is 0 Å². The highest BCUT2D eigenvalue weighted by atomic mass is 16.5. The van der Waals surface area contributed by atoms with Gasteiger partial charge in [-0.3, -0.25) is 0 Å². The fraction of sp³-hybridized carbons (Fsp3) is 0.571. The Labute approximate surface area is 103 Å². The van der Waals surface area contributed by atoms with E-state index in [0.29, 0.717) is 13.2 Å². The number of benzene rings is 1. The molecule has 1 unspecified atom stereocenters. The van der Waals surface area contributed by atoms with E-state index < -0.39 is 0 Å². The van der Waals surface area contributed by atoms with E-state index in [0.717, 1.165) is 18.7 Å². The van der Waals surface area contributed by atoms with Crippen LogP contribution in [0.4, 0.5) is 0 Å². The van der Waals surface area contributed by atoms with Gasteiger partial charge in [-0.15, -0.1) is 0 Å². The molecule has 3 nitrogen and oxygen atoms in total. The summed E-state index contributed by atoms with van der Waals surface area (Å²) in [6.07, 6.45) is 3.59. The number of ether oxygens (including phenoxy) is 1. The topological polar surface area (TPSA) is 47.3 Å². The average molecular weight is 234 g/mol. The van der Waals surface area contributed by atoms with Gasteiger partial charge in [-0.05, 0) is 38.4 Å². The Morgan fingerprint density at radius 1 is 1.29 bits per heavy atom. The molecule has 1 heterocycles. The number of hydrogen-bond acceptors (Lipinski definition) is 3. The van der Waals surface area contributed by atoms with E-state index >= 15 is 0 Å². The molecule has 0 radical (unpaired) electrons. The molecular formula is C14H22N2O. The summed E-state index contributed by atoms with van der Waals surface area (Å²) in [6, 6.07) is 8.17. The fourth-order valence-electron chi connectivity index (χ4n) is 2.24. The van der Waals surface area contributed by atoms with Gasteiger partial charge in [0.05, 0.1) is 5.54 Å². The number of nitrogens with two attached hydrogens (primary N) is 1. The second-order valence-corrected chi connectivity index (χ2v) is 4.97. The van der Waals surface area contributed by atoms with Crippen molar-refractivity contribution in [3.8, 4) is 5.75 Å². The lowest BCUT2D eigenvalue weighted by Crippen LogP contribution is -2.57. The van der Waals surface area contributed by atoms with E-state index in [2.05, 4.69) is 24.4 Å². The van der Waals surface area contributed by atoms with Crippen LogP contribution in [-0.4, -0.2) is 25.2 Å². The summed E-state index contributed by atoms with van der Waals surface area (Å²) in [7, 11) is 0. The Hall–Kier alpha value is -1.06. The molecule has 3 N–H and O–H groups in total. The van der Waals surface area contributed by atoms with Crippen molar-refractivity contribution in [2.45, 2.75) is 31.7 Å². The Balaban J connectivity index is 1.93. The lowest BCUT2D eigenvalue weighted by molar-refractivity contribution is 0.154. The van der Waals surface area contributed by atoms with Gasteiger partial charge in [0.1, 0.15) is 12.4 Å². The Morgan fingerprint density at radius 2 is 2.06 bits per heavy atom. The van der Waals surface area contributed by atoms with Crippen molar-refractivity contribution in [1.29, 1.82) is 0 Å². The third-order valence-corrected chi connectivity index (χ3v) is 3.51. The molecule has 1 aromatic carbocycles. The van der Waals surface area contributed by atoms with Crippen LogP contribution in [0, 0.1) is 6.92 Å². The van der Waals surface area contributed by atoms with Crippen LogP contribution in [0.15, 0.2) is 24.3 Å². The lowest BCUT2D eigenvalue weighted by atomic mass is 9.90. The summed E-state index contributed by atoms with van der Waals surface area (Å²) in [4.78, 5) is 0. The van der Waals surface area contributed by atoms with Crippen molar-refractivity contribution >= 4 is 0 Å². The lowest BCUT2D eigenvalue weighted by Gasteiger charge is -2.37. The average Bonchev–Trinajstić information content (AvgIpc) is 2.39. The van der Waals surface area contributed by atoms with E-state index in [4.69, 9.17) is 10.5 Å². The molecule has 0 amide bonds. The normalized spacial score (nSPS) is 24.6. The van der Waals surface area contributed by atoms with Crippen LogP contribution in [-0.2, 0) is 0 Å². The molecule has 1 aliphatic heterocycles. The quantitative estimate of drug-likeness (QED) is 0.835. The van der Waals surface area contributed by atoms with Crippen molar-refractivity contribution in [2.75, 3.05) is 19.7 Å². The number of hydrogen-bond donors (Lipinski definition) is 2. The first-order valence-corrected chi connectivity index (χ1v) is 6.39. The van der Waals surface area contributed by atoms with Gasteiger partial charge in [-0.25, -0.2) is 0 Å². The number of nitrogens with one attached hydrogen (secondary N) is 1. The number of piperidine rings is 1. The molecule has 0 aromatic heterocycles. The molecule has 0 spiro atoms. The van der Waals surface area contributed by atoms with Gasteiger partial charge in [0, 0.05) is 6.54 Å². The van der Waals surface area contributed by atoms with E-state index in [-0.39, 0.29) is 5.54 Å². The molecule has 1 aliphatic rings. The Bertz CT molecular complexity index is 342.